The van der Waals surface area contributed by atoms with Crippen LogP contribution in [0.1, 0.15) is 40.0 Å². The maximum Gasteiger partial charge on any atom is 0.423 e. The molecule has 0 saturated heterocycles. The van der Waals surface area contributed by atoms with Crippen LogP contribution in [0.4, 0.5) is 43.8 Å². The Bertz CT molecular complexity index is 1600. The molecule has 14 heteroatoms. The SMILES string of the molecule is CC(=O)Nc1cc(NC(=O)N2C[C@](O)(C(F)(F)F)c3cc(F)ccc32)c2c(c1)C(=O)N[C@H]2c1cc(F)ccc1Cl. The zero-order valence-electron chi connectivity index (χ0n) is 20.3. The van der Waals surface area contributed by atoms with Crippen molar-refractivity contribution in [2.45, 2.75) is 24.7 Å². The van der Waals surface area contributed by atoms with E-state index in [2.05, 4.69) is 16.0 Å². The Morgan fingerprint density at radius 3 is 2.42 bits per heavy atom. The minimum absolute atomic E-state index is 0.0254. The van der Waals surface area contributed by atoms with E-state index in [0.717, 1.165) is 24.3 Å². The Morgan fingerprint density at radius 2 is 1.75 bits per heavy atom. The quantitative estimate of drug-likeness (QED) is 0.319. The first-order valence-corrected chi connectivity index (χ1v) is 12.0. The molecule has 2 aliphatic heterocycles. The number of nitrogens with one attached hydrogen (secondary N) is 3. The van der Waals surface area contributed by atoms with Crippen molar-refractivity contribution in [1.29, 1.82) is 0 Å². The molecule has 3 aromatic carbocycles. The third-order valence-corrected chi connectivity index (χ3v) is 6.96. The average Bonchev–Trinajstić information content (AvgIpc) is 3.35. The molecular weight excluding hydrogens is 563 g/mol. The number of carbonyl (C=O) groups is 3. The summed E-state index contributed by atoms with van der Waals surface area (Å²) in [6, 6.07) is 6.01. The largest absolute Gasteiger partial charge is 0.423 e. The van der Waals surface area contributed by atoms with Gasteiger partial charge in [0.05, 0.1) is 24.0 Å². The highest BCUT2D eigenvalue weighted by Gasteiger charge is 2.61. The molecule has 40 heavy (non-hydrogen) atoms. The van der Waals surface area contributed by atoms with Crippen LogP contribution in [0.5, 0.6) is 0 Å². The van der Waals surface area contributed by atoms with E-state index in [9.17, 15) is 41.4 Å². The Kier molecular flexibility index (Phi) is 6.46. The summed E-state index contributed by atoms with van der Waals surface area (Å²) in [5, 5.41) is 18.1. The summed E-state index contributed by atoms with van der Waals surface area (Å²) in [4.78, 5) is 38.6. The number of benzene rings is 3. The highest BCUT2D eigenvalue weighted by atomic mass is 35.5. The van der Waals surface area contributed by atoms with Crippen LogP contribution in [0, 0.1) is 11.6 Å². The van der Waals surface area contributed by atoms with Crippen molar-refractivity contribution in [1.82, 2.24) is 5.32 Å². The van der Waals surface area contributed by atoms with Gasteiger partial charge in [0, 0.05) is 39.9 Å². The van der Waals surface area contributed by atoms with Gasteiger partial charge in [-0.15, -0.1) is 0 Å². The summed E-state index contributed by atoms with van der Waals surface area (Å²) in [5.74, 6) is -2.90. The van der Waals surface area contributed by atoms with Crippen LogP contribution in [-0.2, 0) is 10.4 Å². The Morgan fingerprint density at radius 1 is 1.07 bits per heavy atom. The third-order valence-electron chi connectivity index (χ3n) is 6.62. The van der Waals surface area contributed by atoms with Gasteiger partial charge in [0.15, 0.2) is 0 Å². The van der Waals surface area contributed by atoms with Gasteiger partial charge in [-0.2, -0.15) is 13.2 Å². The van der Waals surface area contributed by atoms with Crippen LogP contribution in [0.2, 0.25) is 5.02 Å². The predicted molar refractivity (Wildman–Crippen MR) is 134 cm³/mol. The van der Waals surface area contributed by atoms with Crippen LogP contribution < -0.4 is 20.9 Å². The molecule has 8 nitrogen and oxygen atoms in total. The van der Waals surface area contributed by atoms with E-state index in [1.807, 2.05) is 0 Å². The lowest BCUT2D eigenvalue weighted by Gasteiger charge is -2.27. The molecule has 0 fully saturated rings. The van der Waals surface area contributed by atoms with Crippen LogP contribution in [0.15, 0.2) is 48.5 Å². The average molecular weight is 581 g/mol. The Balaban J connectivity index is 1.61. The van der Waals surface area contributed by atoms with Gasteiger partial charge in [-0.25, -0.2) is 13.6 Å². The molecule has 0 aromatic heterocycles. The molecule has 2 heterocycles. The molecule has 0 bridgehead atoms. The smallest absolute Gasteiger partial charge is 0.375 e. The van der Waals surface area contributed by atoms with E-state index in [4.69, 9.17) is 11.6 Å². The zero-order chi connectivity index (χ0) is 29.1. The van der Waals surface area contributed by atoms with Crippen molar-refractivity contribution < 1.29 is 41.4 Å². The van der Waals surface area contributed by atoms with Crippen molar-refractivity contribution in [3.63, 3.8) is 0 Å². The monoisotopic (exact) mass is 580 g/mol. The minimum Gasteiger partial charge on any atom is -0.375 e. The van der Waals surface area contributed by atoms with E-state index >= 15 is 0 Å². The molecule has 208 valence electrons. The maximum atomic E-state index is 14.1. The van der Waals surface area contributed by atoms with Gasteiger partial charge in [-0.1, -0.05) is 11.6 Å². The number of nitrogens with zero attached hydrogens (tertiary/aromatic N) is 1. The second-order valence-corrected chi connectivity index (χ2v) is 9.68. The lowest BCUT2D eigenvalue weighted by Crippen LogP contribution is -2.48. The van der Waals surface area contributed by atoms with Gasteiger partial charge in [0.2, 0.25) is 11.5 Å². The third kappa shape index (κ3) is 4.50. The number of amides is 4. The number of aliphatic hydroxyl groups is 1. The summed E-state index contributed by atoms with van der Waals surface area (Å²) < 4.78 is 69.6. The highest BCUT2D eigenvalue weighted by molar-refractivity contribution is 6.31. The van der Waals surface area contributed by atoms with Gasteiger partial charge in [0.1, 0.15) is 11.6 Å². The van der Waals surface area contributed by atoms with E-state index in [1.165, 1.54) is 25.1 Å². The normalized spacial score (nSPS) is 19.6. The van der Waals surface area contributed by atoms with Crippen LogP contribution in [0.25, 0.3) is 0 Å². The lowest BCUT2D eigenvalue weighted by molar-refractivity contribution is -0.258. The van der Waals surface area contributed by atoms with Crippen molar-refractivity contribution in [2.75, 3.05) is 22.1 Å². The molecule has 2 atom stereocenters. The Hall–Kier alpha value is -4.23. The number of urea groups is 1. The van der Waals surface area contributed by atoms with E-state index < -0.39 is 65.1 Å². The van der Waals surface area contributed by atoms with Gasteiger partial charge < -0.3 is 21.1 Å². The molecule has 5 rings (SSSR count). The van der Waals surface area contributed by atoms with Gasteiger partial charge in [-0.05, 0) is 48.5 Å². The molecule has 0 unspecified atom stereocenters. The Labute approximate surface area is 227 Å². The van der Waals surface area contributed by atoms with Crippen LogP contribution in [-0.4, -0.2) is 35.7 Å². The number of rotatable bonds is 3. The van der Waals surface area contributed by atoms with Crippen molar-refractivity contribution in [2.24, 2.45) is 0 Å². The molecule has 0 spiro atoms. The number of halogens is 6. The fourth-order valence-electron chi connectivity index (χ4n) is 4.86. The number of hydrogen-bond donors (Lipinski definition) is 4. The number of hydrogen-bond acceptors (Lipinski definition) is 4. The second kappa shape index (κ2) is 9.45. The zero-order valence-corrected chi connectivity index (χ0v) is 21.0. The molecule has 0 aliphatic carbocycles. The van der Waals surface area contributed by atoms with Gasteiger partial charge in [-0.3, -0.25) is 14.5 Å². The first-order chi connectivity index (χ1) is 18.7. The van der Waals surface area contributed by atoms with Crippen molar-refractivity contribution in [3.05, 3.63) is 87.4 Å². The summed E-state index contributed by atoms with van der Waals surface area (Å²) in [6.07, 6.45) is -5.26. The highest BCUT2D eigenvalue weighted by Crippen LogP contribution is 2.49. The molecule has 2 aliphatic rings. The molecule has 4 amide bonds. The van der Waals surface area contributed by atoms with Crippen molar-refractivity contribution in [3.8, 4) is 0 Å². The summed E-state index contributed by atoms with van der Waals surface area (Å²) in [7, 11) is 0. The lowest BCUT2D eigenvalue weighted by atomic mass is 9.95. The number of alkyl halides is 3. The maximum absolute atomic E-state index is 14.1. The first kappa shape index (κ1) is 27.3. The number of fused-ring (bicyclic) bond motifs is 2. The molecule has 3 aromatic rings. The van der Waals surface area contributed by atoms with E-state index in [1.54, 1.807) is 0 Å². The fraction of sp³-hybridized carbons (Fsp3) is 0.192. The summed E-state index contributed by atoms with van der Waals surface area (Å²) in [5.41, 5.74) is -4.66. The van der Waals surface area contributed by atoms with E-state index in [0.29, 0.717) is 11.0 Å². The summed E-state index contributed by atoms with van der Waals surface area (Å²) in [6.45, 7) is -0.0931. The topological polar surface area (TPSA) is 111 Å². The number of β-amino-alcohol motifs (C(OH)–C–C–N with tert-alkyl or cyclic N) is 1. The minimum atomic E-state index is -5.26. The fourth-order valence-corrected chi connectivity index (χ4v) is 5.09. The number of anilines is 3. The standard InChI is InChI=1S/C26H18ClF5N4O4/c1-11(37)33-14-8-16-21(22(35-23(16)38)15-6-12(28)2-4-18(15)27)19(9-14)34-24(39)36-10-25(40,26(30,31)32)17-7-13(29)3-5-20(17)36/h2-9,22,40H,10H2,1H3,(H,33,37)(H,34,39)(H,35,38)/t22-,25+/m0/s1. The first-order valence-electron chi connectivity index (χ1n) is 11.6. The molecule has 4 N–H and O–H groups in total. The molecule has 0 saturated carbocycles. The summed E-state index contributed by atoms with van der Waals surface area (Å²) >= 11 is 6.26. The molecular formula is C26H18ClF5N4O4. The van der Waals surface area contributed by atoms with Crippen LogP contribution in [0.3, 0.4) is 0 Å². The van der Waals surface area contributed by atoms with Crippen LogP contribution >= 0.6 is 11.6 Å². The van der Waals surface area contributed by atoms with Gasteiger partial charge in [0.25, 0.3) is 5.91 Å². The van der Waals surface area contributed by atoms with E-state index in [-0.39, 0.29) is 33.1 Å². The van der Waals surface area contributed by atoms with Gasteiger partial charge >= 0.3 is 12.2 Å². The molecule has 0 radical (unpaired) electrons. The second-order valence-electron chi connectivity index (χ2n) is 9.27. The number of carbonyl (C=O) groups excluding carboxylic acids is 3. The van der Waals surface area contributed by atoms with Crippen molar-refractivity contribution >= 4 is 46.5 Å². The predicted octanol–water partition coefficient (Wildman–Crippen LogP) is 5.21.